The van der Waals surface area contributed by atoms with Crippen molar-refractivity contribution in [3.63, 3.8) is 0 Å². The van der Waals surface area contributed by atoms with Gasteiger partial charge in [-0.05, 0) is 43.5 Å². The van der Waals surface area contributed by atoms with Crippen LogP contribution in [0.3, 0.4) is 0 Å². The van der Waals surface area contributed by atoms with Crippen molar-refractivity contribution in [3.8, 4) is 0 Å². The molecule has 1 aromatic carbocycles. The van der Waals surface area contributed by atoms with Crippen LogP contribution in [0, 0.1) is 12.3 Å². The zero-order chi connectivity index (χ0) is 23.5. The van der Waals surface area contributed by atoms with Gasteiger partial charge in [0.25, 0.3) is 11.5 Å². The van der Waals surface area contributed by atoms with E-state index in [9.17, 15) is 9.59 Å². The molecule has 0 aliphatic heterocycles. The van der Waals surface area contributed by atoms with Crippen LogP contribution in [0.5, 0.6) is 0 Å². The van der Waals surface area contributed by atoms with E-state index in [2.05, 4.69) is 12.2 Å². The second-order valence-corrected chi connectivity index (χ2v) is 8.37. The van der Waals surface area contributed by atoms with E-state index in [0.717, 1.165) is 30.4 Å². The highest BCUT2D eigenvalue weighted by Crippen LogP contribution is 2.21. The number of carbonyl (C=O) groups is 1. The van der Waals surface area contributed by atoms with Crippen molar-refractivity contribution in [3.05, 3.63) is 87.3 Å². The molecule has 1 amide bonds. The van der Waals surface area contributed by atoms with Gasteiger partial charge in [0.15, 0.2) is 0 Å². The lowest BCUT2D eigenvalue weighted by Crippen LogP contribution is -2.36. The number of unbranched alkanes of at least 4 members (excludes halogenated alkanes) is 2. The summed E-state index contributed by atoms with van der Waals surface area (Å²) in [5.74, 6) is -0.347. The van der Waals surface area contributed by atoms with Gasteiger partial charge in [-0.3, -0.25) is 19.4 Å². The zero-order valence-electron chi connectivity index (χ0n) is 19.3. The van der Waals surface area contributed by atoms with Crippen molar-refractivity contribution in [1.82, 2.24) is 19.3 Å². The molecule has 170 valence electrons. The Balaban J connectivity index is 1.99. The van der Waals surface area contributed by atoms with Gasteiger partial charge in [-0.1, -0.05) is 56.2 Å². The molecule has 3 aromatic heterocycles. The maximum Gasteiger partial charge on any atom is 0.267 e. The molecule has 0 saturated carbocycles. The third-order valence-corrected chi connectivity index (χ3v) is 6.06. The molecule has 0 aliphatic rings. The molecule has 0 saturated heterocycles. The van der Waals surface area contributed by atoms with Gasteiger partial charge in [-0.25, -0.2) is 4.98 Å². The van der Waals surface area contributed by atoms with Gasteiger partial charge in [0, 0.05) is 12.7 Å². The van der Waals surface area contributed by atoms with E-state index in [4.69, 9.17) is 10.4 Å². The summed E-state index contributed by atoms with van der Waals surface area (Å²) < 4.78 is 3.20. The number of aromatic nitrogens is 3. The molecule has 0 fully saturated rings. The quantitative estimate of drug-likeness (QED) is 0.334. The number of hydrogen-bond donors (Lipinski definition) is 2. The highest BCUT2D eigenvalue weighted by Gasteiger charge is 2.21. The first-order valence-corrected chi connectivity index (χ1v) is 11.4. The standard InChI is InChI=1S/C26H29N5O2/c1-4-5-9-14-28-25(32)20-16-21-24(29-23-17(2)11-10-15-30(23)26(21)33)31(22(20)27)18(3)19-12-7-6-8-13-19/h6-8,10-13,15-16,18,27H,4-5,9,14H2,1-3H3,(H,28,32). The van der Waals surface area contributed by atoms with Crippen LogP contribution in [0.1, 0.15) is 60.6 Å². The lowest BCUT2D eigenvalue weighted by molar-refractivity contribution is 0.0950. The van der Waals surface area contributed by atoms with Crippen LogP contribution in [0.4, 0.5) is 0 Å². The summed E-state index contributed by atoms with van der Waals surface area (Å²) >= 11 is 0. The number of benzene rings is 1. The molecule has 0 aliphatic carbocycles. The zero-order valence-corrected chi connectivity index (χ0v) is 19.3. The third kappa shape index (κ3) is 4.18. The number of nitrogens with zero attached hydrogens (tertiary/aromatic N) is 3. The largest absolute Gasteiger partial charge is 0.352 e. The van der Waals surface area contributed by atoms with E-state index in [1.54, 1.807) is 16.8 Å². The number of hydrogen-bond acceptors (Lipinski definition) is 4. The Morgan fingerprint density at radius 3 is 2.61 bits per heavy atom. The number of pyridine rings is 2. The smallest absolute Gasteiger partial charge is 0.267 e. The molecule has 0 radical (unpaired) electrons. The first kappa shape index (κ1) is 22.5. The van der Waals surface area contributed by atoms with Crippen LogP contribution in [0.2, 0.25) is 0 Å². The van der Waals surface area contributed by atoms with E-state index in [1.165, 1.54) is 10.5 Å². The molecule has 1 atom stereocenters. The monoisotopic (exact) mass is 443 g/mol. The summed E-state index contributed by atoms with van der Waals surface area (Å²) in [6.45, 7) is 6.50. The Labute approximate surface area is 192 Å². The number of rotatable bonds is 7. The Morgan fingerprint density at radius 2 is 1.88 bits per heavy atom. The minimum atomic E-state index is -0.347. The van der Waals surface area contributed by atoms with E-state index >= 15 is 0 Å². The van der Waals surface area contributed by atoms with Crippen LogP contribution in [0.25, 0.3) is 16.7 Å². The van der Waals surface area contributed by atoms with Gasteiger partial charge in [0.05, 0.1) is 17.0 Å². The molecule has 7 heteroatoms. The molecule has 0 bridgehead atoms. The second kappa shape index (κ2) is 9.40. The van der Waals surface area contributed by atoms with Gasteiger partial charge in [0.2, 0.25) is 0 Å². The van der Waals surface area contributed by atoms with Crippen LogP contribution in [0.15, 0.2) is 59.5 Å². The number of carbonyl (C=O) groups excluding carboxylic acids is 1. The summed E-state index contributed by atoms with van der Waals surface area (Å²) in [7, 11) is 0. The summed E-state index contributed by atoms with van der Waals surface area (Å²) in [5.41, 5.74) is 2.72. The number of nitrogens with one attached hydrogen (secondary N) is 2. The fourth-order valence-corrected chi connectivity index (χ4v) is 4.16. The van der Waals surface area contributed by atoms with Crippen LogP contribution in [-0.2, 0) is 0 Å². The van der Waals surface area contributed by atoms with Crippen molar-refractivity contribution >= 4 is 22.6 Å². The summed E-state index contributed by atoms with van der Waals surface area (Å²) in [5, 5.41) is 12.2. The average Bonchev–Trinajstić information content (AvgIpc) is 2.82. The first-order chi connectivity index (χ1) is 15.9. The predicted molar refractivity (Wildman–Crippen MR) is 130 cm³/mol. The third-order valence-electron chi connectivity index (χ3n) is 6.06. The lowest BCUT2D eigenvalue weighted by atomic mass is 10.1. The van der Waals surface area contributed by atoms with Crippen LogP contribution < -0.4 is 16.4 Å². The summed E-state index contributed by atoms with van der Waals surface area (Å²) in [6, 6.07) is 14.7. The van der Waals surface area contributed by atoms with Crippen molar-refractivity contribution in [2.24, 2.45) is 0 Å². The predicted octanol–water partition coefficient (Wildman–Crippen LogP) is 3.97. The summed E-state index contributed by atoms with van der Waals surface area (Å²) in [4.78, 5) is 31.3. The molecule has 2 N–H and O–H groups in total. The second-order valence-electron chi connectivity index (χ2n) is 8.37. The van der Waals surface area contributed by atoms with Crippen LogP contribution in [-0.4, -0.2) is 26.4 Å². The summed E-state index contributed by atoms with van der Waals surface area (Å²) in [6.07, 6.45) is 4.63. The number of amides is 1. The number of aryl methyl sites for hydroxylation is 1. The Bertz CT molecular complexity index is 1440. The maximum atomic E-state index is 13.5. The average molecular weight is 444 g/mol. The minimum absolute atomic E-state index is 0.0386. The van der Waals surface area contributed by atoms with Gasteiger partial charge < -0.3 is 9.88 Å². The molecule has 7 nitrogen and oxygen atoms in total. The normalized spacial score (nSPS) is 12.2. The van der Waals surface area contributed by atoms with Crippen molar-refractivity contribution < 1.29 is 4.79 Å². The fraction of sp³-hybridized carbons (Fsp3) is 0.308. The van der Waals surface area contributed by atoms with Crippen molar-refractivity contribution in [1.29, 1.82) is 5.41 Å². The Kier molecular flexibility index (Phi) is 6.40. The van der Waals surface area contributed by atoms with E-state index in [0.29, 0.717) is 23.2 Å². The SMILES string of the molecule is CCCCCNC(=O)c1cc2c(=O)n3cccc(C)c3nc2n(C(C)c2ccccc2)c1=N. The van der Waals surface area contributed by atoms with Gasteiger partial charge >= 0.3 is 0 Å². The maximum absolute atomic E-state index is 13.5. The van der Waals surface area contributed by atoms with Crippen molar-refractivity contribution in [2.45, 2.75) is 46.1 Å². The van der Waals surface area contributed by atoms with E-state index in [-0.39, 0.29) is 28.6 Å². The first-order valence-electron chi connectivity index (χ1n) is 11.4. The highest BCUT2D eigenvalue weighted by molar-refractivity contribution is 5.96. The van der Waals surface area contributed by atoms with Gasteiger partial charge in [0.1, 0.15) is 16.8 Å². The molecule has 33 heavy (non-hydrogen) atoms. The molecular formula is C26H29N5O2. The molecule has 4 aromatic rings. The fourth-order valence-electron chi connectivity index (χ4n) is 4.16. The van der Waals surface area contributed by atoms with Crippen LogP contribution >= 0.6 is 0 Å². The minimum Gasteiger partial charge on any atom is -0.352 e. The van der Waals surface area contributed by atoms with Crippen molar-refractivity contribution in [2.75, 3.05) is 6.54 Å². The van der Waals surface area contributed by atoms with Gasteiger partial charge in [-0.2, -0.15) is 0 Å². The highest BCUT2D eigenvalue weighted by atomic mass is 16.1. The molecule has 1 unspecified atom stereocenters. The number of fused-ring (bicyclic) bond motifs is 2. The molecule has 0 spiro atoms. The van der Waals surface area contributed by atoms with Gasteiger partial charge in [-0.15, -0.1) is 0 Å². The Hall–Kier alpha value is -3.74. The molecular weight excluding hydrogens is 414 g/mol. The Morgan fingerprint density at radius 1 is 1.12 bits per heavy atom. The molecule has 4 rings (SSSR count). The van der Waals surface area contributed by atoms with E-state index in [1.807, 2.05) is 50.2 Å². The molecule has 3 heterocycles. The topological polar surface area (TPSA) is 92.2 Å². The lowest BCUT2D eigenvalue weighted by Gasteiger charge is -2.21. The van der Waals surface area contributed by atoms with E-state index < -0.39 is 0 Å².